The van der Waals surface area contributed by atoms with E-state index in [2.05, 4.69) is 39.9 Å². The van der Waals surface area contributed by atoms with Gasteiger partial charge in [0.15, 0.2) is 6.61 Å². The van der Waals surface area contributed by atoms with E-state index < -0.39 is 5.97 Å². The quantitative estimate of drug-likeness (QED) is 0.273. The van der Waals surface area contributed by atoms with Gasteiger partial charge in [0.05, 0.1) is 25.5 Å². The highest BCUT2D eigenvalue weighted by Gasteiger charge is 2.27. The summed E-state index contributed by atoms with van der Waals surface area (Å²) in [6, 6.07) is 20.1. The number of hydrogen-bond acceptors (Lipinski definition) is 6. The number of rotatable bonds is 11. The maximum Gasteiger partial charge on any atom is 0.337 e. The molecule has 39 heavy (non-hydrogen) atoms. The van der Waals surface area contributed by atoms with Crippen molar-refractivity contribution >= 4 is 17.6 Å². The first-order valence-electron chi connectivity index (χ1n) is 12.9. The molecule has 1 N–H and O–H groups in total. The number of esters is 1. The summed E-state index contributed by atoms with van der Waals surface area (Å²) < 4.78 is 21.7. The predicted molar refractivity (Wildman–Crippen MR) is 153 cm³/mol. The summed E-state index contributed by atoms with van der Waals surface area (Å²) in [6.45, 7) is 11.2. The van der Waals surface area contributed by atoms with Crippen molar-refractivity contribution in [1.82, 2.24) is 0 Å². The molecule has 0 aliphatic rings. The van der Waals surface area contributed by atoms with E-state index >= 15 is 0 Å². The Morgan fingerprint density at radius 1 is 0.795 bits per heavy atom. The van der Waals surface area contributed by atoms with Gasteiger partial charge < -0.3 is 24.3 Å². The van der Waals surface area contributed by atoms with Crippen molar-refractivity contribution in [3.05, 3.63) is 83.4 Å². The molecule has 0 spiro atoms. The molecule has 0 radical (unpaired) electrons. The molecule has 3 aromatic rings. The van der Waals surface area contributed by atoms with Crippen LogP contribution in [0.3, 0.4) is 0 Å². The Bertz CT molecular complexity index is 1260. The average molecular weight is 534 g/mol. The standard InChI is InChI=1S/C32H39NO6/c1-31(2,3)21-32(4,5)24-11-15-26(16-12-24)38-20-29(34)33-27-18-23(30(35)37-7)10-17-28(27)39-19-22-8-13-25(36-6)14-9-22/h8-18H,19-21H2,1-7H3,(H,33,34). The van der Waals surface area contributed by atoms with Gasteiger partial charge in [-0.2, -0.15) is 0 Å². The summed E-state index contributed by atoms with van der Waals surface area (Å²) >= 11 is 0. The lowest BCUT2D eigenvalue weighted by atomic mass is 9.72. The summed E-state index contributed by atoms with van der Waals surface area (Å²) in [5, 5.41) is 2.80. The van der Waals surface area contributed by atoms with Crippen LogP contribution in [0.4, 0.5) is 5.69 Å². The van der Waals surface area contributed by atoms with Crippen LogP contribution in [0.25, 0.3) is 0 Å². The van der Waals surface area contributed by atoms with Crippen molar-refractivity contribution in [2.75, 3.05) is 26.1 Å². The number of amides is 1. The second-order valence-electron chi connectivity index (χ2n) is 11.3. The summed E-state index contributed by atoms with van der Waals surface area (Å²) in [6.07, 6.45) is 1.04. The van der Waals surface area contributed by atoms with Crippen LogP contribution in [0.5, 0.6) is 17.2 Å². The number of anilines is 1. The number of carbonyl (C=O) groups excluding carboxylic acids is 2. The highest BCUT2D eigenvalue weighted by Crippen LogP contribution is 2.36. The van der Waals surface area contributed by atoms with Gasteiger partial charge in [-0.05, 0) is 70.8 Å². The van der Waals surface area contributed by atoms with Crippen molar-refractivity contribution in [2.45, 2.75) is 53.1 Å². The number of methoxy groups -OCH3 is 2. The van der Waals surface area contributed by atoms with Crippen LogP contribution in [-0.2, 0) is 21.6 Å². The fraction of sp³-hybridized carbons (Fsp3) is 0.375. The van der Waals surface area contributed by atoms with E-state index in [0.717, 1.165) is 17.7 Å². The maximum absolute atomic E-state index is 12.8. The van der Waals surface area contributed by atoms with Crippen LogP contribution in [0.1, 0.15) is 62.5 Å². The van der Waals surface area contributed by atoms with Gasteiger partial charge in [0.1, 0.15) is 23.9 Å². The highest BCUT2D eigenvalue weighted by molar-refractivity contribution is 5.96. The normalized spacial score (nSPS) is 11.5. The number of benzene rings is 3. The average Bonchev–Trinajstić information content (AvgIpc) is 2.90. The minimum absolute atomic E-state index is 0.0149. The van der Waals surface area contributed by atoms with Gasteiger partial charge in [-0.25, -0.2) is 4.79 Å². The Kier molecular flexibility index (Phi) is 9.62. The van der Waals surface area contributed by atoms with E-state index in [1.165, 1.54) is 18.7 Å². The molecule has 3 aromatic carbocycles. The van der Waals surface area contributed by atoms with Crippen LogP contribution in [0, 0.1) is 5.41 Å². The van der Waals surface area contributed by atoms with Crippen LogP contribution in [0.2, 0.25) is 0 Å². The molecule has 0 unspecified atom stereocenters. The van der Waals surface area contributed by atoms with Crippen LogP contribution in [0.15, 0.2) is 66.7 Å². The number of ether oxygens (including phenoxy) is 4. The van der Waals surface area contributed by atoms with Crippen molar-refractivity contribution in [2.24, 2.45) is 5.41 Å². The molecule has 208 valence electrons. The summed E-state index contributed by atoms with van der Waals surface area (Å²) in [4.78, 5) is 24.9. The Balaban J connectivity index is 1.66. The van der Waals surface area contributed by atoms with Crippen molar-refractivity contribution < 1.29 is 28.5 Å². The van der Waals surface area contributed by atoms with Gasteiger partial charge >= 0.3 is 5.97 Å². The minimum Gasteiger partial charge on any atom is -0.497 e. The van der Waals surface area contributed by atoms with E-state index in [1.54, 1.807) is 19.2 Å². The number of nitrogens with one attached hydrogen (secondary N) is 1. The van der Waals surface area contributed by atoms with E-state index in [4.69, 9.17) is 18.9 Å². The SMILES string of the molecule is COC(=O)c1ccc(OCc2ccc(OC)cc2)c(NC(=O)COc2ccc(C(C)(C)CC(C)(C)C)cc2)c1. The fourth-order valence-electron chi connectivity index (χ4n) is 4.65. The molecular weight excluding hydrogens is 494 g/mol. The zero-order valence-electron chi connectivity index (χ0n) is 23.9. The zero-order chi connectivity index (χ0) is 28.6. The number of hydrogen-bond donors (Lipinski definition) is 1. The van der Waals surface area contributed by atoms with Crippen LogP contribution >= 0.6 is 0 Å². The molecule has 0 saturated carbocycles. The zero-order valence-corrected chi connectivity index (χ0v) is 23.9. The van der Waals surface area contributed by atoms with Gasteiger partial charge in [0, 0.05) is 0 Å². The summed E-state index contributed by atoms with van der Waals surface area (Å²) in [5.41, 5.74) is 2.99. The maximum atomic E-state index is 12.8. The van der Waals surface area contributed by atoms with Crippen molar-refractivity contribution in [3.63, 3.8) is 0 Å². The third-order valence-electron chi connectivity index (χ3n) is 6.21. The lowest BCUT2D eigenvalue weighted by molar-refractivity contribution is -0.118. The van der Waals surface area contributed by atoms with Crippen LogP contribution in [-0.4, -0.2) is 32.7 Å². The molecule has 0 aliphatic heterocycles. The van der Waals surface area contributed by atoms with Gasteiger partial charge in [-0.15, -0.1) is 0 Å². The molecule has 7 heteroatoms. The second-order valence-corrected chi connectivity index (χ2v) is 11.3. The van der Waals surface area contributed by atoms with Crippen LogP contribution < -0.4 is 19.5 Å². The smallest absolute Gasteiger partial charge is 0.337 e. The first-order chi connectivity index (χ1) is 18.4. The Morgan fingerprint density at radius 2 is 1.44 bits per heavy atom. The molecule has 0 atom stereocenters. The largest absolute Gasteiger partial charge is 0.497 e. The number of carbonyl (C=O) groups is 2. The second kappa shape index (κ2) is 12.7. The minimum atomic E-state index is -0.516. The molecule has 0 bridgehead atoms. The van der Waals surface area contributed by atoms with E-state index in [1.807, 2.05) is 48.5 Å². The molecule has 0 aromatic heterocycles. The molecule has 0 fully saturated rings. The topological polar surface area (TPSA) is 83.1 Å². The molecule has 1 amide bonds. The summed E-state index contributed by atoms with van der Waals surface area (Å²) in [5.74, 6) is 0.857. The first-order valence-corrected chi connectivity index (χ1v) is 12.9. The molecule has 0 saturated heterocycles. The predicted octanol–water partition coefficient (Wildman–Crippen LogP) is 6.79. The first kappa shape index (κ1) is 29.6. The van der Waals surface area contributed by atoms with Gasteiger partial charge in [-0.1, -0.05) is 58.9 Å². The lowest BCUT2D eigenvalue weighted by Gasteiger charge is -2.33. The molecule has 3 rings (SSSR count). The highest BCUT2D eigenvalue weighted by atomic mass is 16.5. The summed E-state index contributed by atoms with van der Waals surface area (Å²) in [7, 11) is 2.91. The Hall–Kier alpha value is -4.00. The molecular formula is C32H39NO6. The van der Waals surface area contributed by atoms with Gasteiger partial charge in [0.25, 0.3) is 5.91 Å². The molecule has 0 aliphatic carbocycles. The lowest BCUT2D eigenvalue weighted by Crippen LogP contribution is -2.24. The van der Waals surface area contributed by atoms with E-state index in [9.17, 15) is 9.59 Å². The molecule has 7 nitrogen and oxygen atoms in total. The molecule has 0 heterocycles. The van der Waals surface area contributed by atoms with Gasteiger partial charge in [-0.3, -0.25) is 4.79 Å². The van der Waals surface area contributed by atoms with E-state index in [0.29, 0.717) is 22.7 Å². The van der Waals surface area contributed by atoms with E-state index in [-0.39, 0.29) is 30.0 Å². The Morgan fingerprint density at radius 3 is 2.03 bits per heavy atom. The van der Waals surface area contributed by atoms with Gasteiger partial charge in [0.2, 0.25) is 0 Å². The monoisotopic (exact) mass is 533 g/mol. The van der Waals surface area contributed by atoms with Crippen molar-refractivity contribution in [1.29, 1.82) is 0 Å². The fourth-order valence-corrected chi connectivity index (χ4v) is 4.65. The Labute approximate surface area is 231 Å². The van der Waals surface area contributed by atoms with Crippen molar-refractivity contribution in [3.8, 4) is 17.2 Å². The third kappa shape index (κ3) is 8.77. The third-order valence-corrected chi connectivity index (χ3v) is 6.21.